The molecule has 1 amide bonds. The van der Waals surface area contributed by atoms with E-state index in [4.69, 9.17) is 9.97 Å². The number of likely N-dealkylation sites (tertiary alicyclic amines) is 1. The van der Waals surface area contributed by atoms with E-state index in [2.05, 4.69) is 42.5 Å². The quantitative estimate of drug-likeness (QED) is 0.450. The first kappa shape index (κ1) is 25.5. The van der Waals surface area contributed by atoms with Gasteiger partial charge in [0.1, 0.15) is 11.2 Å². The van der Waals surface area contributed by atoms with Crippen molar-refractivity contribution in [1.82, 2.24) is 24.3 Å². The van der Waals surface area contributed by atoms with E-state index in [1.165, 1.54) is 32.4 Å². The molecule has 0 aromatic carbocycles. The zero-order valence-corrected chi connectivity index (χ0v) is 21.3. The van der Waals surface area contributed by atoms with E-state index in [1.54, 1.807) is 0 Å². The molecular weight excluding hydrogens is 412 g/mol. The van der Waals surface area contributed by atoms with Gasteiger partial charge in [0.05, 0.1) is 0 Å². The number of anilines is 1. The summed E-state index contributed by atoms with van der Waals surface area (Å²) in [7, 11) is 0. The van der Waals surface area contributed by atoms with E-state index in [0.29, 0.717) is 5.69 Å². The Morgan fingerprint density at radius 1 is 1.00 bits per heavy atom. The summed E-state index contributed by atoms with van der Waals surface area (Å²) in [5.41, 5.74) is 2.19. The number of aromatic nitrogens is 3. The van der Waals surface area contributed by atoms with Gasteiger partial charge in [-0.15, -0.1) is 0 Å². The van der Waals surface area contributed by atoms with Gasteiger partial charge >= 0.3 is 0 Å². The molecule has 0 saturated carbocycles. The summed E-state index contributed by atoms with van der Waals surface area (Å²) in [6, 6.07) is 4.09. The number of fused-ring (bicyclic) bond motifs is 1. The molecule has 0 bridgehead atoms. The Balaban J connectivity index is 1.82. The van der Waals surface area contributed by atoms with Crippen LogP contribution in [0.4, 0.5) is 5.95 Å². The molecule has 1 N–H and O–H groups in total. The third-order valence-electron chi connectivity index (χ3n) is 6.38. The monoisotopic (exact) mass is 456 g/mol. The second-order valence-electron chi connectivity index (χ2n) is 9.68. The van der Waals surface area contributed by atoms with Gasteiger partial charge < -0.3 is 15.1 Å². The first-order chi connectivity index (χ1) is 16.0. The van der Waals surface area contributed by atoms with E-state index >= 15 is 0 Å². The number of carbonyl (C=O) groups is 1. The fourth-order valence-corrected chi connectivity index (χ4v) is 4.51. The number of aryl methyl sites for hydroxylation is 1. The number of unbranched alkanes of at least 4 members (excludes halogenated alkanes) is 2. The second kappa shape index (κ2) is 12.9. The molecule has 2 aromatic heterocycles. The average Bonchev–Trinajstić information content (AvgIpc) is 3.15. The van der Waals surface area contributed by atoms with Crippen molar-refractivity contribution in [2.75, 3.05) is 38.0 Å². The van der Waals surface area contributed by atoms with Crippen LogP contribution >= 0.6 is 0 Å². The summed E-state index contributed by atoms with van der Waals surface area (Å²) in [4.78, 5) is 27.5. The fraction of sp³-hybridized carbons (Fsp3) is 0.731. The van der Waals surface area contributed by atoms with Crippen molar-refractivity contribution in [3.05, 3.63) is 17.8 Å². The van der Waals surface area contributed by atoms with E-state index < -0.39 is 0 Å². The van der Waals surface area contributed by atoms with Crippen LogP contribution in [0.25, 0.3) is 11.2 Å². The number of nitrogens with zero attached hydrogens (tertiary/aromatic N) is 5. The van der Waals surface area contributed by atoms with Crippen LogP contribution in [0.5, 0.6) is 0 Å². The lowest BCUT2D eigenvalue weighted by Crippen LogP contribution is -2.33. The Labute approximate surface area is 199 Å². The van der Waals surface area contributed by atoms with Crippen LogP contribution in [-0.4, -0.2) is 69.0 Å². The number of hydrogen-bond acceptors (Lipinski definition) is 5. The maximum absolute atomic E-state index is 13.3. The molecule has 1 saturated heterocycles. The van der Waals surface area contributed by atoms with Crippen LogP contribution in [0.15, 0.2) is 12.1 Å². The van der Waals surface area contributed by atoms with Crippen molar-refractivity contribution < 1.29 is 4.79 Å². The molecule has 3 heterocycles. The predicted octanol–water partition coefficient (Wildman–Crippen LogP) is 5.17. The van der Waals surface area contributed by atoms with Crippen molar-refractivity contribution in [3.63, 3.8) is 0 Å². The lowest BCUT2D eigenvalue weighted by atomic mass is 10.1. The zero-order chi connectivity index (χ0) is 23.6. The number of nitrogens with one attached hydrogen (secondary N) is 1. The number of carbonyl (C=O) groups excluding carboxylic acids is 1. The van der Waals surface area contributed by atoms with Gasteiger partial charge in [-0.3, -0.25) is 9.36 Å². The average molecular weight is 457 g/mol. The highest BCUT2D eigenvalue weighted by atomic mass is 16.2. The van der Waals surface area contributed by atoms with E-state index in [0.717, 1.165) is 75.4 Å². The molecular formula is C26H44N6O. The van der Waals surface area contributed by atoms with Crippen LogP contribution in [0.2, 0.25) is 0 Å². The first-order valence-electron chi connectivity index (χ1n) is 13.2. The number of imidazole rings is 1. The molecule has 7 nitrogen and oxygen atoms in total. The summed E-state index contributed by atoms with van der Waals surface area (Å²) in [5.74, 6) is 0.891. The Kier molecular flexibility index (Phi) is 9.97. The van der Waals surface area contributed by atoms with E-state index in [9.17, 15) is 4.79 Å². The summed E-state index contributed by atoms with van der Waals surface area (Å²) in [5, 5.41) is 3.48. The topological polar surface area (TPSA) is 66.3 Å². The number of rotatable bonds is 13. The van der Waals surface area contributed by atoms with Gasteiger partial charge in [0, 0.05) is 25.7 Å². The lowest BCUT2D eigenvalue weighted by molar-refractivity contribution is 0.0745. The molecule has 1 fully saturated rings. The number of amides is 1. The molecule has 184 valence electrons. The smallest absolute Gasteiger partial charge is 0.272 e. The minimum atomic E-state index is 0.0400. The lowest BCUT2D eigenvalue weighted by Gasteiger charge is -2.26. The number of pyridine rings is 1. The van der Waals surface area contributed by atoms with Gasteiger partial charge in [0.15, 0.2) is 5.65 Å². The van der Waals surface area contributed by atoms with Crippen LogP contribution in [0.3, 0.4) is 0 Å². The molecule has 3 rings (SSSR count). The van der Waals surface area contributed by atoms with Crippen LogP contribution in [0.1, 0.15) is 89.5 Å². The highest BCUT2D eigenvalue weighted by molar-refractivity contribution is 5.94. The van der Waals surface area contributed by atoms with Gasteiger partial charge in [-0.25, -0.2) is 9.97 Å². The third kappa shape index (κ3) is 7.16. The highest BCUT2D eigenvalue weighted by Crippen LogP contribution is 2.21. The molecule has 0 aliphatic carbocycles. The van der Waals surface area contributed by atoms with Crippen molar-refractivity contribution >= 4 is 23.0 Å². The molecule has 0 atom stereocenters. The molecule has 2 aromatic rings. The summed E-state index contributed by atoms with van der Waals surface area (Å²) in [6.07, 6.45) is 9.24. The van der Waals surface area contributed by atoms with Gasteiger partial charge in [-0.1, -0.05) is 33.1 Å². The number of piperidine rings is 1. The molecule has 1 aliphatic rings. The Morgan fingerprint density at radius 2 is 1.70 bits per heavy atom. The molecule has 0 unspecified atom stereocenters. The normalized spacial score (nSPS) is 14.8. The van der Waals surface area contributed by atoms with E-state index in [-0.39, 0.29) is 11.9 Å². The largest absolute Gasteiger partial charge is 0.353 e. The highest BCUT2D eigenvalue weighted by Gasteiger charge is 2.20. The van der Waals surface area contributed by atoms with Crippen LogP contribution in [-0.2, 0) is 6.54 Å². The standard InChI is InChI=1S/C26H44N6O/c1-5-7-18-31(19-8-6-2)25(33)23-14-13-22-24(28-23)32(26(29-22)27-21(3)4)20-12-17-30-15-10-9-11-16-30/h13-14,21H,5-12,15-20H2,1-4H3,(H,27,29). The first-order valence-corrected chi connectivity index (χ1v) is 13.2. The van der Waals surface area contributed by atoms with Crippen molar-refractivity contribution in [1.29, 1.82) is 0 Å². The fourth-order valence-electron chi connectivity index (χ4n) is 4.51. The summed E-state index contributed by atoms with van der Waals surface area (Å²) >= 11 is 0. The Hall–Kier alpha value is -2.15. The zero-order valence-electron chi connectivity index (χ0n) is 21.3. The molecule has 0 radical (unpaired) electrons. The minimum absolute atomic E-state index is 0.0400. The molecule has 0 spiro atoms. The molecule has 1 aliphatic heterocycles. The van der Waals surface area contributed by atoms with Crippen molar-refractivity contribution in [2.45, 2.75) is 91.6 Å². The van der Waals surface area contributed by atoms with Gasteiger partial charge in [-0.2, -0.15) is 0 Å². The number of hydrogen-bond donors (Lipinski definition) is 1. The maximum atomic E-state index is 13.3. The molecule has 7 heteroatoms. The SMILES string of the molecule is CCCCN(CCCC)C(=O)c1ccc2nc(NC(C)C)n(CCCN3CCCCC3)c2n1. The third-order valence-corrected chi connectivity index (χ3v) is 6.38. The Morgan fingerprint density at radius 3 is 2.33 bits per heavy atom. The van der Waals surface area contributed by atoms with Crippen LogP contribution < -0.4 is 5.32 Å². The van der Waals surface area contributed by atoms with Gasteiger partial charge in [0.25, 0.3) is 5.91 Å². The van der Waals surface area contributed by atoms with Gasteiger partial charge in [-0.05, 0) is 77.7 Å². The summed E-state index contributed by atoms with van der Waals surface area (Å²) in [6.45, 7) is 14.5. The Bertz CT molecular complexity index is 863. The molecule has 33 heavy (non-hydrogen) atoms. The van der Waals surface area contributed by atoms with E-state index in [1.807, 2.05) is 17.0 Å². The maximum Gasteiger partial charge on any atom is 0.272 e. The summed E-state index contributed by atoms with van der Waals surface area (Å²) < 4.78 is 2.18. The predicted molar refractivity (Wildman–Crippen MR) is 137 cm³/mol. The minimum Gasteiger partial charge on any atom is -0.353 e. The van der Waals surface area contributed by atoms with Crippen molar-refractivity contribution in [3.8, 4) is 0 Å². The van der Waals surface area contributed by atoms with Crippen molar-refractivity contribution in [2.24, 2.45) is 0 Å². The van der Waals surface area contributed by atoms with Gasteiger partial charge in [0.2, 0.25) is 5.95 Å². The van der Waals surface area contributed by atoms with Crippen LogP contribution in [0, 0.1) is 0 Å². The second-order valence-corrected chi connectivity index (χ2v) is 9.68.